The summed E-state index contributed by atoms with van der Waals surface area (Å²) in [6.07, 6.45) is 0.460. The van der Waals surface area contributed by atoms with Gasteiger partial charge in [-0.1, -0.05) is 170 Å². The molecule has 2 aliphatic rings. The van der Waals surface area contributed by atoms with E-state index in [1.165, 1.54) is 38.9 Å². The molecule has 5 heteroatoms. The highest BCUT2D eigenvalue weighted by atomic mass is 15.0. The van der Waals surface area contributed by atoms with Gasteiger partial charge in [0.2, 0.25) is 0 Å². The molecular formula is C48H33N5. The number of para-hydroxylation sites is 1. The maximum Gasteiger partial charge on any atom is 0.163 e. The van der Waals surface area contributed by atoms with Crippen LogP contribution in [0.1, 0.15) is 39.2 Å². The Bertz CT molecular complexity index is 2610. The number of aromatic nitrogens is 3. The second-order valence-electron chi connectivity index (χ2n) is 13.5. The van der Waals surface area contributed by atoms with Gasteiger partial charge in [-0.15, -0.1) is 0 Å². The van der Waals surface area contributed by atoms with Gasteiger partial charge in [0, 0.05) is 23.1 Å². The average molecular weight is 680 g/mol. The zero-order valence-corrected chi connectivity index (χ0v) is 28.8. The Kier molecular flexibility index (Phi) is 7.18. The Morgan fingerprint density at radius 3 is 1.58 bits per heavy atom. The van der Waals surface area contributed by atoms with E-state index in [1.807, 2.05) is 78.9 Å². The summed E-state index contributed by atoms with van der Waals surface area (Å²) in [5.74, 6) is 2.40. The maximum absolute atomic E-state index is 7.10. The van der Waals surface area contributed by atoms with Crippen LogP contribution in [0.5, 0.6) is 0 Å². The largest absolute Gasteiger partial charge is 0.383 e. The molecule has 5 nitrogen and oxygen atoms in total. The van der Waals surface area contributed by atoms with E-state index in [0.717, 1.165) is 33.5 Å². The number of benzene rings is 7. The van der Waals surface area contributed by atoms with Gasteiger partial charge in [0.15, 0.2) is 11.6 Å². The lowest BCUT2D eigenvalue weighted by atomic mass is 9.70. The van der Waals surface area contributed by atoms with Crippen molar-refractivity contribution in [1.82, 2.24) is 15.0 Å². The third-order valence-electron chi connectivity index (χ3n) is 10.6. The second-order valence-corrected chi connectivity index (χ2v) is 13.5. The summed E-state index contributed by atoms with van der Waals surface area (Å²) in [6.45, 7) is 0. The van der Waals surface area contributed by atoms with Crippen LogP contribution in [0.25, 0.3) is 45.0 Å². The fraction of sp³-hybridized carbons (Fsp3) is 0.0417. The van der Waals surface area contributed by atoms with Crippen LogP contribution < -0.4 is 5.73 Å². The molecular weight excluding hydrogens is 647 g/mol. The van der Waals surface area contributed by atoms with Crippen LogP contribution in [0.4, 0.5) is 5.69 Å². The fourth-order valence-electron chi connectivity index (χ4n) is 8.42. The highest BCUT2D eigenvalue weighted by Gasteiger charge is 2.52. The normalized spacial score (nSPS) is 13.3. The summed E-state index contributed by atoms with van der Waals surface area (Å²) in [4.78, 5) is 19.9. The lowest BCUT2D eigenvalue weighted by Gasteiger charge is -2.30. The molecule has 0 radical (unpaired) electrons. The van der Waals surface area contributed by atoms with Gasteiger partial charge in [-0.3, -0.25) is 0 Å². The Balaban J connectivity index is 1.10. The minimum Gasteiger partial charge on any atom is -0.383 e. The summed E-state index contributed by atoms with van der Waals surface area (Å²) < 4.78 is 0. The summed E-state index contributed by atoms with van der Waals surface area (Å²) in [7, 11) is 0. The average Bonchev–Trinajstić information content (AvgIpc) is 3.70. The number of hydrogen-bond acceptors (Lipinski definition) is 4. The minimum atomic E-state index is -0.446. The monoisotopic (exact) mass is 679 g/mol. The molecule has 7 aromatic carbocycles. The van der Waals surface area contributed by atoms with Gasteiger partial charge in [-0.2, -0.15) is 0 Å². The zero-order valence-electron chi connectivity index (χ0n) is 28.8. The summed E-state index contributed by atoms with van der Waals surface area (Å²) in [5, 5.41) is 0. The third kappa shape index (κ3) is 4.85. The van der Waals surface area contributed by atoms with Crippen molar-refractivity contribution in [2.45, 2.75) is 11.8 Å². The number of fused-ring (bicyclic) bond motifs is 10. The highest BCUT2D eigenvalue weighted by molar-refractivity contribution is 6.08. The summed E-state index contributed by atoms with van der Waals surface area (Å²) in [5.41, 5.74) is 21.2. The first-order valence-electron chi connectivity index (χ1n) is 17.9. The van der Waals surface area contributed by atoms with Crippen molar-refractivity contribution in [3.63, 3.8) is 0 Å². The number of nitrogens with two attached hydrogens (primary N) is 1. The van der Waals surface area contributed by atoms with Crippen molar-refractivity contribution >= 4 is 11.5 Å². The van der Waals surface area contributed by atoms with Gasteiger partial charge in [-0.05, 0) is 56.1 Å². The summed E-state index contributed by atoms with van der Waals surface area (Å²) >= 11 is 0. The highest BCUT2D eigenvalue weighted by Crippen LogP contribution is 2.63. The topological polar surface area (TPSA) is 77.0 Å². The third-order valence-corrected chi connectivity index (χ3v) is 10.6. The molecule has 8 aromatic rings. The van der Waals surface area contributed by atoms with E-state index >= 15 is 0 Å². The van der Waals surface area contributed by atoms with Crippen LogP contribution in [-0.2, 0) is 11.8 Å². The molecule has 0 atom stereocenters. The number of rotatable bonds is 6. The molecule has 0 saturated carbocycles. The Labute approximate surface area is 308 Å². The molecule has 2 N–H and O–H groups in total. The number of hydrogen-bond donors (Lipinski definition) is 1. The lowest BCUT2D eigenvalue weighted by Crippen LogP contribution is -2.26. The Hall–Kier alpha value is -6.98. The molecule has 2 aliphatic carbocycles. The van der Waals surface area contributed by atoms with E-state index in [0.29, 0.717) is 29.7 Å². The van der Waals surface area contributed by atoms with Crippen LogP contribution in [0.2, 0.25) is 0 Å². The van der Waals surface area contributed by atoms with Gasteiger partial charge in [-0.25, -0.2) is 19.9 Å². The van der Waals surface area contributed by atoms with Crippen LogP contribution in [0, 0.1) is 0 Å². The lowest BCUT2D eigenvalue weighted by molar-refractivity contribution is 0.793. The first kappa shape index (κ1) is 30.8. The molecule has 0 unspecified atom stereocenters. The van der Waals surface area contributed by atoms with Gasteiger partial charge in [0.1, 0.15) is 11.7 Å². The van der Waals surface area contributed by atoms with Crippen molar-refractivity contribution in [3.8, 4) is 45.0 Å². The van der Waals surface area contributed by atoms with Crippen molar-refractivity contribution in [2.75, 3.05) is 0 Å². The predicted octanol–water partition coefficient (Wildman–Crippen LogP) is 10.2. The smallest absolute Gasteiger partial charge is 0.163 e. The molecule has 250 valence electrons. The van der Waals surface area contributed by atoms with E-state index in [2.05, 4.69) is 97.1 Å². The van der Waals surface area contributed by atoms with Crippen LogP contribution in [0.3, 0.4) is 0 Å². The van der Waals surface area contributed by atoms with Crippen LogP contribution >= 0.6 is 0 Å². The maximum atomic E-state index is 7.10. The Morgan fingerprint density at radius 2 is 0.962 bits per heavy atom. The molecule has 0 fully saturated rings. The molecule has 0 bridgehead atoms. The van der Waals surface area contributed by atoms with Crippen LogP contribution in [-0.4, -0.2) is 20.8 Å². The molecule has 0 aliphatic heterocycles. The first-order chi connectivity index (χ1) is 26.2. The SMILES string of the molecule is NC(=Nc1ccccc1Cc1nc(-c2ccccc2)nc(-c2ccccc2)n1)c1cccc2c1-c1ccccc1C21c2ccccc2-c2ccccc21. The van der Waals surface area contributed by atoms with E-state index in [1.54, 1.807) is 0 Å². The van der Waals surface area contributed by atoms with E-state index in [-0.39, 0.29) is 0 Å². The predicted molar refractivity (Wildman–Crippen MR) is 213 cm³/mol. The molecule has 0 saturated heterocycles. The van der Waals surface area contributed by atoms with Gasteiger partial charge >= 0.3 is 0 Å². The van der Waals surface area contributed by atoms with Gasteiger partial charge < -0.3 is 5.73 Å². The van der Waals surface area contributed by atoms with E-state index < -0.39 is 5.41 Å². The fourth-order valence-corrected chi connectivity index (χ4v) is 8.42. The molecule has 1 spiro atoms. The zero-order chi connectivity index (χ0) is 35.4. The van der Waals surface area contributed by atoms with Gasteiger partial charge in [0.25, 0.3) is 0 Å². The first-order valence-corrected chi connectivity index (χ1v) is 17.9. The molecule has 53 heavy (non-hydrogen) atoms. The quantitative estimate of drug-likeness (QED) is 0.140. The number of aliphatic imine (C=N–C) groups is 1. The van der Waals surface area contributed by atoms with Crippen LogP contribution in [0.15, 0.2) is 181 Å². The summed E-state index contributed by atoms with van der Waals surface area (Å²) in [6, 6.07) is 61.1. The van der Waals surface area contributed by atoms with Crippen molar-refractivity contribution < 1.29 is 0 Å². The minimum absolute atomic E-state index is 0.446. The number of amidine groups is 1. The van der Waals surface area contributed by atoms with E-state index in [4.69, 9.17) is 25.7 Å². The van der Waals surface area contributed by atoms with Crippen molar-refractivity contribution in [3.05, 3.63) is 215 Å². The Morgan fingerprint density at radius 1 is 0.472 bits per heavy atom. The molecule has 1 aromatic heterocycles. The van der Waals surface area contributed by atoms with Crippen molar-refractivity contribution in [2.24, 2.45) is 10.7 Å². The second kappa shape index (κ2) is 12.4. The molecule has 0 amide bonds. The van der Waals surface area contributed by atoms with Crippen molar-refractivity contribution in [1.29, 1.82) is 0 Å². The molecule has 1 heterocycles. The standard InChI is InChI=1S/C48H33N5/c49-45(50-42-29-14-7-20-33(42)30-43-51-46(31-16-3-1-4-17-31)53-47(52-43)32-18-5-2-6-19-32)37-24-15-28-41-44(37)36-23-10-13-27-40(36)48(41)38-25-11-8-21-34(38)35-22-9-12-26-39(35)48/h1-29H,30H2,(H2,49,50). The molecule has 10 rings (SSSR count). The van der Waals surface area contributed by atoms with Gasteiger partial charge in [0.05, 0.1) is 11.1 Å². The van der Waals surface area contributed by atoms with E-state index in [9.17, 15) is 0 Å². The number of nitrogens with zero attached hydrogens (tertiary/aromatic N) is 4.